The molecule has 1 heterocycles. The highest BCUT2D eigenvalue weighted by Gasteiger charge is 2.43. The summed E-state index contributed by atoms with van der Waals surface area (Å²) >= 11 is 0. The molecule has 1 amide bonds. The fourth-order valence-electron chi connectivity index (χ4n) is 3.65. The van der Waals surface area contributed by atoms with Crippen molar-refractivity contribution >= 4 is 11.9 Å². The number of rotatable bonds is 4. The maximum Gasteiger partial charge on any atom is 0.313 e. The summed E-state index contributed by atoms with van der Waals surface area (Å²) in [5.74, 6) is -1.37. The fourth-order valence-corrected chi connectivity index (χ4v) is 3.65. The molecular formula is C21H23NO3. The lowest BCUT2D eigenvalue weighted by Gasteiger charge is -2.40. The number of amides is 1. The minimum absolute atomic E-state index is 0.103. The molecule has 2 unspecified atom stereocenters. The van der Waals surface area contributed by atoms with Crippen LogP contribution in [0, 0.1) is 0 Å². The van der Waals surface area contributed by atoms with E-state index in [4.69, 9.17) is 0 Å². The van der Waals surface area contributed by atoms with E-state index in [2.05, 4.69) is 13.8 Å². The number of carbonyl (C=O) groups is 2. The van der Waals surface area contributed by atoms with Crippen LogP contribution in [0.1, 0.15) is 65.7 Å². The Kier molecular flexibility index (Phi) is 4.62. The standard InChI is InChI=1S/C21H23NO3/c1-4-22-19(15-11-9-14(10-12-15)13(2)3)18(21(24)25)16-7-5-6-8-17(16)20(22)23/h5-13,18-19H,4H2,1-3H3,(H,24,25). The lowest BCUT2D eigenvalue weighted by molar-refractivity contribution is -0.140. The molecule has 0 aliphatic carbocycles. The summed E-state index contributed by atoms with van der Waals surface area (Å²) in [6, 6.07) is 14.5. The summed E-state index contributed by atoms with van der Waals surface area (Å²) in [6.07, 6.45) is 0. The van der Waals surface area contributed by atoms with Crippen LogP contribution in [0.5, 0.6) is 0 Å². The predicted octanol–water partition coefficient (Wildman–Crippen LogP) is 4.20. The van der Waals surface area contributed by atoms with Crippen LogP contribution < -0.4 is 0 Å². The SMILES string of the molecule is CCN1C(=O)c2ccccc2C(C(=O)O)C1c1ccc(C(C)C)cc1. The first kappa shape index (κ1) is 17.2. The van der Waals surface area contributed by atoms with E-state index in [1.54, 1.807) is 29.2 Å². The van der Waals surface area contributed by atoms with Gasteiger partial charge in [-0.15, -0.1) is 0 Å². The Morgan fingerprint density at radius 2 is 1.76 bits per heavy atom. The Balaban J connectivity index is 2.15. The monoisotopic (exact) mass is 337 g/mol. The van der Waals surface area contributed by atoms with E-state index in [9.17, 15) is 14.7 Å². The molecule has 0 fully saturated rings. The molecule has 0 saturated carbocycles. The van der Waals surface area contributed by atoms with Gasteiger partial charge in [-0.05, 0) is 35.6 Å². The zero-order valence-corrected chi connectivity index (χ0v) is 14.8. The number of aliphatic carboxylic acids is 1. The topological polar surface area (TPSA) is 57.6 Å². The lowest BCUT2D eigenvalue weighted by atomic mass is 9.79. The number of carboxylic acids is 1. The molecule has 0 radical (unpaired) electrons. The van der Waals surface area contributed by atoms with Crippen LogP contribution in [0.4, 0.5) is 0 Å². The second kappa shape index (κ2) is 6.71. The van der Waals surface area contributed by atoms with E-state index in [1.807, 2.05) is 31.2 Å². The molecule has 0 aromatic heterocycles. The van der Waals surface area contributed by atoms with Crippen LogP contribution in [-0.4, -0.2) is 28.4 Å². The highest BCUT2D eigenvalue weighted by Crippen LogP contribution is 2.42. The lowest BCUT2D eigenvalue weighted by Crippen LogP contribution is -2.44. The van der Waals surface area contributed by atoms with E-state index in [0.717, 1.165) is 5.56 Å². The Morgan fingerprint density at radius 3 is 2.32 bits per heavy atom. The Bertz CT molecular complexity index is 795. The van der Waals surface area contributed by atoms with Crippen molar-refractivity contribution < 1.29 is 14.7 Å². The highest BCUT2D eigenvalue weighted by molar-refractivity contribution is 6.00. The van der Waals surface area contributed by atoms with E-state index in [1.165, 1.54) is 5.56 Å². The van der Waals surface area contributed by atoms with Crippen LogP contribution >= 0.6 is 0 Å². The van der Waals surface area contributed by atoms with Crippen LogP contribution in [0.25, 0.3) is 0 Å². The number of hydrogen-bond donors (Lipinski definition) is 1. The predicted molar refractivity (Wildman–Crippen MR) is 96.8 cm³/mol. The third-order valence-electron chi connectivity index (χ3n) is 4.99. The quantitative estimate of drug-likeness (QED) is 0.910. The third kappa shape index (κ3) is 2.93. The van der Waals surface area contributed by atoms with E-state index in [0.29, 0.717) is 23.6 Å². The van der Waals surface area contributed by atoms with Crippen molar-refractivity contribution in [1.82, 2.24) is 4.90 Å². The first-order valence-electron chi connectivity index (χ1n) is 8.68. The van der Waals surface area contributed by atoms with Gasteiger partial charge >= 0.3 is 5.97 Å². The fraction of sp³-hybridized carbons (Fsp3) is 0.333. The molecule has 2 aromatic carbocycles. The van der Waals surface area contributed by atoms with Crippen LogP contribution in [0.2, 0.25) is 0 Å². The molecule has 0 bridgehead atoms. The molecule has 1 N–H and O–H groups in total. The Labute approximate surface area is 148 Å². The molecule has 25 heavy (non-hydrogen) atoms. The highest BCUT2D eigenvalue weighted by atomic mass is 16.4. The van der Waals surface area contributed by atoms with Crippen molar-refractivity contribution in [1.29, 1.82) is 0 Å². The van der Waals surface area contributed by atoms with Crippen LogP contribution in [-0.2, 0) is 4.79 Å². The van der Waals surface area contributed by atoms with Crippen molar-refractivity contribution in [3.8, 4) is 0 Å². The van der Waals surface area contributed by atoms with Crippen molar-refractivity contribution in [2.45, 2.75) is 38.6 Å². The molecule has 4 nitrogen and oxygen atoms in total. The molecule has 0 spiro atoms. The van der Waals surface area contributed by atoms with Gasteiger partial charge in [0, 0.05) is 12.1 Å². The van der Waals surface area contributed by atoms with Crippen molar-refractivity contribution in [3.05, 3.63) is 70.8 Å². The van der Waals surface area contributed by atoms with Gasteiger partial charge < -0.3 is 10.0 Å². The van der Waals surface area contributed by atoms with E-state index < -0.39 is 17.9 Å². The maximum absolute atomic E-state index is 12.9. The second-order valence-corrected chi connectivity index (χ2v) is 6.76. The number of hydrogen-bond acceptors (Lipinski definition) is 2. The van der Waals surface area contributed by atoms with Gasteiger partial charge in [-0.3, -0.25) is 9.59 Å². The summed E-state index contributed by atoms with van der Waals surface area (Å²) in [6.45, 7) is 6.59. The molecule has 130 valence electrons. The Morgan fingerprint density at radius 1 is 1.12 bits per heavy atom. The molecule has 2 aromatic rings. The van der Waals surface area contributed by atoms with Crippen molar-refractivity contribution in [2.24, 2.45) is 0 Å². The van der Waals surface area contributed by atoms with E-state index in [-0.39, 0.29) is 5.91 Å². The summed E-state index contributed by atoms with van der Waals surface area (Å²) < 4.78 is 0. The van der Waals surface area contributed by atoms with Crippen LogP contribution in [0.3, 0.4) is 0 Å². The molecule has 0 saturated heterocycles. The van der Waals surface area contributed by atoms with Gasteiger partial charge in [-0.25, -0.2) is 0 Å². The molecular weight excluding hydrogens is 314 g/mol. The second-order valence-electron chi connectivity index (χ2n) is 6.76. The van der Waals surface area contributed by atoms with Gasteiger partial charge in [0.15, 0.2) is 0 Å². The number of benzene rings is 2. The maximum atomic E-state index is 12.9. The first-order chi connectivity index (χ1) is 12.0. The molecule has 1 aliphatic heterocycles. The van der Waals surface area contributed by atoms with Crippen LogP contribution in [0.15, 0.2) is 48.5 Å². The van der Waals surface area contributed by atoms with Crippen molar-refractivity contribution in [2.75, 3.05) is 6.54 Å². The normalized spacial score (nSPS) is 19.8. The number of fused-ring (bicyclic) bond motifs is 1. The van der Waals surface area contributed by atoms with Gasteiger partial charge in [-0.2, -0.15) is 0 Å². The minimum atomic E-state index is -0.906. The summed E-state index contributed by atoms with van der Waals surface area (Å²) in [4.78, 5) is 26.7. The van der Waals surface area contributed by atoms with Gasteiger partial charge in [0.1, 0.15) is 5.92 Å². The average molecular weight is 337 g/mol. The van der Waals surface area contributed by atoms with Crippen molar-refractivity contribution in [3.63, 3.8) is 0 Å². The van der Waals surface area contributed by atoms with Gasteiger partial charge in [0.25, 0.3) is 5.91 Å². The number of likely N-dealkylation sites (N-methyl/N-ethyl adjacent to an activating group) is 1. The molecule has 4 heteroatoms. The smallest absolute Gasteiger partial charge is 0.313 e. The minimum Gasteiger partial charge on any atom is -0.481 e. The van der Waals surface area contributed by atoms with Gasteiger partial charge in [0.05, 0.1) is 6.04 Å². The zero-order valence-electron chi connectivity index (χ0n) is 14.8. The summed E-state index contributed by atoms with van der Waals surface area (Å²) in [5.41, 5.74) is 3.15. The van der Waals surface area contributed by atoms with Gasteiger partial charge in [0.2, 0.25) is 0 Å². The Hall–Kier alpha value is -2.62. The number of nitrogens with zero attached hydrogens (tertiary/aromatic N) is 1. The zero-order chi connectivity index (χ0) is 18.1. The molecule has 3 rings (SSSR count). The third-order valence-corrected chi connectivity index (χ3v) is 4.99. The summed E-state index contributed by atoms with van der Waals surface area (Å²) in [7, 11) is 0. The van der Waals surface area contributed by atoms with Gasteiger partial charge in [-0.1, -0.05) is 56.3 Å². The largest absolute Gasteiger partial charge is 0.481 e. The average Bonchev–Trinajstić information content (AvgIpc) is 2.61. The molecule has 1 aliphatic rings. The number of carbonyl (C=O) groups excluding carboxylic acids is 1. The van der Waals surface area contributed by atoms with E-state index >= 15 is 0 Å². The summed E-state index contributed by atoms with van der Waals surface area (Å²) in [5, 5.41) is 9.92. The number of carboxylic acid groups (broad SMARTS) is 1. The molecule has 2 atom stereocenters. The first-order valence-corrected chi connectivity index (χ1v) is 8.68.